The van der Waals surface area contributed by atoms with Gasteiger partial charge in [0.1, 0.15) is 0 Å². The second-order valence-electron chi connectivity index (χ2n) is 7.01. The summed E-state index contributed by atoms with van der Waals surface area (Å²) in [5.41, 5.74) is 6.91. The molecule has 0 atom stereocenters. The topological polar surface area (TPSA) is 58.4 Å². The van der Waals surface area contributed by atoms with Gasteiger partial charge in [-0.25, -0.2) is 0 Å². The minimum absolute atomic E-state index is 0.0401. The SMILES string of the molecule is CC(C)(N)C(C)(C)C(=O)Nc1ccccc1N1CCCC1. The summed E-state index contributed by atoms with van der Waals surface area (Å²) in [6.07, 6.45) is 2.42. The van der Waals surface area contributed by atoms with Crippen LogP contribution in [0.15, 0.2) is 24.3 Å². The third kappa shape index (κ3) is 3.21. The van der Waals surface area contributed by atoms with Crippen LogP contribution in [-0.2, 0) is 4.79 Å². The Morgan fingerprint density at radius 1 is 1.14 bits per heavy atom. The van der Waals surface area contributed by atoms with Crippen molar-refractivity contribution in [1.82, 2.24) is 0 Å². The molecule has 1 saturated heterocycles. The van der Waals surface area contributed by atoms with Gasteiger partial charge in [0.05, 0.1) is 16.8 Å². The number of nitrogens with zero attached hydrogens (tertiary/aromatic N) is 1. The van der Waals surface area contributed by atoms with Crippen molar-refractivity contribution in [3.8, 4) is 0 Å². The maximum atomic E-state index is 12.6. The van der Waals surface area contributed by atoms with Crippen LogP contribution >= 0.6 is 0 Å². The van der Waals surface area contributed by atoms with Crippen molar-refractivity contribution in [1.29, 1.82) is 0 Å². The van der Waals surface area contributed by atoms with E-state index >= 15 is 0 Å². The van der Waals surface area contributed by atoms with Crippen LogP contribution in [0.25, 0.3) is 0 Å². The van der Waals surface area contributed by atoms with Gasteiger partial charge in [0, 0.05) is 18.6 Å². The molecular formula is C17H27N3O. The van der Waals surface area contributed by atoms with E-state index in [-0.39, 0.29) is 5.91 Å². The standard InChI is InChI=1S/C17H27N3O/c1-16(2,17(3,4)18)15(21)19-13-9-5-6-10-14(13)20-11-7-8-12-20/h5-6,9-10H,7-8,11-12,18H2,1-4H3,(H,19,21). The quantitative estimate of drug-likeness (QED) is 0.896. The van der Waals surface area contributed by atoms with E-state index in [1.54, 1.807) is 0 Å². The fraction of sp³-hybridized carbons (Fsp3) is 0.588. The number of carbonyl (C=O) groups is 1. The van der Waals surface area contributed by atoms with Crippen LogP contribution in [0.2, 0.25) is 0 Å². The van der Waals surface area contributed by atoms with Gasteiger partial charge in [0.2, 0.25) is 5.91 Å². The van der Waals surface area contributed by atoms with Crippen LogP contribution in [0.3, 0.4) is 0 Å². The van der Waals surface area contributed by atoms with E-state index in [0.717, 1.165) is 24.5 Å². The van der Waals surface area contributed by atoms with Gasteiger partial charge in [-0.15, -0.1) is 0 Å². The van der Waals surface area contributed by atoms with Gasteiger partial charge in [-0.1, -0.05) is 12.1 Å². The van der Waals surface area contributed by atoms with Gasteiger partial charge in [-0.2, -0.15) is 0 Å². The summed E-state index contributed by atoms with van der Waals surface area (Å²) in [5, 5.41) is 3.07. The molecule has 0 spiro atoms. The first-order valence-corrected chi connectivity index (χ1v) is 7.68. The van der Waals surface area contributed by atoms with Crippen molar-refractivity contribution < 1.29 is 4.79 Å². The van der Waals surface area contributed by atoms with Crippen molar-refractivity contribution >= 4 is 17.3 Å². The number of nitrogens with two attached hydrogens (primary N) is 1. The molecule has 4 nitrogen and oxygen atoms in total. The van der Waals surface area contributed by atoms with Crippen molar-refractivity contribution in [3.05, 3.63) is 24.3 Å². The molecule has 0 saturated carbocycles. The summed E-state index contributed by atoms with van der Waals surface area (Å²) < 4.78 is 0. The van der Waals surface area contributed by atoms with Crippen LogP contribution in [0, 0.1) is 5.41 Å². The summed E-state index contributed by atoms with van der Waals surface area (Å²) in [6, 6.07) is 8.00. The molecule has 1 aromatic rings. The van der Waals surface area contributed by atoms with Crippen LogP contribution in [-0.4, -0.2) is 24.5 Å². The van der Waals surface area contributed by atoms with Crippen LogP contribution in [0.4, 0.5) is 11.4 Å². The zero-order valence-electron chi connectivity index (χ0n) is 13.6. The third-order valence-electron chi connectivity index (χ3n) is 4.78. The van der Waals surface area contributed by atoms with Crippen molar-refractivity contribution in [2.45, 2.75) is 46.1 Å². The fourth-order valence-corrected chi connectivity index (χ4v) is 2.38. The molecule has 1 amide bonds. The van der Waals surface area contributed by atoms with E-state index in [2.05, 4.69) is 16.3 Å². The van der Waals surface area contributed by atoms with E-state index in [4.69, 9.17) is 5.73 Å². The number of amides is 1. The Balaban J connectivity index is 2.22. The first-order chi connectivity index (χ1) is 9.73. The Bertz CT molecular complexity index is 511. The Hall–Kier alpha value is -1.55. The summed E-state index contributed by atoms with van der Waals surface area (Å²) in [7, 11) is 0. The first kappa shape index (κ1) is 15.8. The number of rotatable bonds is 4. The molecule has 2 rings (SSSR count). The number of benzene rings is 1. The molecule has 1 aliphatic heterocycles. The number of carbonyl (C=O) groups excluding carboxylic acids is 1. The second-order valence-corrected chi connectivity index (χ2v) is 7.01. The van der Waals surface area contributed by atoms with Gasteiger partial charge in [-0.05, 0) is 52.7 Å². The largest absolute Gasteiger partial charge is 0.370 e. The highest BCUT2D eigenvalue weighted by Gasteiger charge is 2.40. The van der Waals surface area contributed by atoms with Crippen LogP contribution < -0.4 is 16.0 Å². The Kier molecular flexibility index (Phi) is 4.28. The maximum absolute atomic E-state index is 12.6. The van der Waals surface area contributed by atoms with Crippen LogP contribution in [0.1, 0.15) is 40.5 Å². The normalized spacial score (nSPS) is 16.1. The average Bonchev–Trinajstić information content (AvgIpc) is 2.91. The zero-order chi connectivity index (χ0) is 15.7. The number of para-hydroxylation sites is 2. The third-order valence-corrected chi connectivity index (χ3v) is 4.78. The number of nitrogens with one attached hydrogen (secondary N) is 1. The molecule has 0 radical (unpaired) electrons. The maximum Gasteiger partial charge on any atom is 0.231 e. The molecule has 0 bridgehead atoms. The molecule has 1 heterocycles. The lowest BCUT2D eigenvalue weighted by atomic mass is 9.74. The molecule has 1 fully saturated rings. The van der Waals surface area contributed by atoms with E-state index in [9.17, 15) is 4.79 Å². The highest BCUT2D eigenvalue weighted by Crippen LogP contribution is 2.33. The number of anilines is 2. The van der Waals surface area contributed by atoms with Gasteiger partial charge in [0.25, 0.3) is 0 Å². The Morgan fingerprint density at radius 2 is 1.71 bits per heavy atom. The van der Waals surface area contributed by atoms with Gasteiger partial charge in [-0.3, -0.25) is 4.79 Å². The predicted molar refractivity (Wildman–Crippen MR) is 88.6 cm³/mol. The van der Waals surface area contributed by atoms with Crippen LogP contribution in [0.5, 0.6) is 0 Å². The highest BCUT2D eigenvalue weighted by molar-refractivity contribution is 5.98. The molecular weight excluding hydrogens is 262 g/mol. The molecule has 4 heteroatoms. The molecule has 3 N–H and O–H groups in total. The molecule has 116 valence electrons. The molecule has 0 unspecified atom stereocenters. The average molecular weight is 289 g/mol. The molecule has 1 aromatic carbocycles. The number of hydrogen-bond donors (Lipinski definition) is 2. The van der Waals surface area contributed by atoms with Gasteiger partial charge >= 0.3 is 0 Å². The fourth-order valence-electron chi connectivity index (χ4n) is 2.38. The first-order valence-electron chi connectivity index (χ1n) is 7.68. The lowest BCUT2D eigenvalue weighted by Gasteiger charge is -2.37. The predicted octanol–water partition coefficient (Wildman–Crippen LogP) is 2.99. The van der Waals surface area contributed by atoms with Crippen molar-refractivity contribution in [3.63, 3.8) is 0 Å². The molecule has 0 aromatic heterocycles. The van der Waals surface area contributed by atoms with Gasteiger partial charge in [0.15, 0.2) is 0 Å². The second kappa shape index (κ2) is 5.68. The lowest BCUT2D eigenvalue weighted by molar-refractivity contribution is -0.126. The summed E-state index contributed by atoms with van der Waals surface area (Å²) >= 11 is 0. The number of hydrogen-bond acceptors (Lipinski definition) is 3. The summed E-state index contributed by atoms with van der Waals surface area (Å²) in [5.74, 6) is -0.0401. The Morgan fingerprint density at radius 3 is 2.29 bits per heavy atom. The minimum Gasteiger partial charge on any atom is -0.370 e. The van der Waals surface area contributed by atoms with Gasteiger partial charge < -0.3 is 16.0 Å². The monoisotopic (exact) mass is 289 g/mol. The van der Waals surface area contributed by atoms with E-state index < -0.39 is 11.0 Å². The minimum atomic E-state index is -0.648. The summed E-state index contributed by atoms with van der Waals surface area (Å²) in [4.78, 5) is 15.0. The highest BCUT2D eigenvalue weighted by atomic mass is 16.2. The van der Waals surface area contributed by atoms with E-state index in [1.807, 2.05) is 45.9 Å². The lowest BCUT2D eigenvalue weighted by Crippen LogP contribution is -2.53. The summed E-state index contributed by atoms with van der Waals surface area (Å²) in [6.45, 7) is 9.66. The van der Waals surface area contributed by atoms with Crippen molar-refractivity contribution in [2.24, 2.45) is 11.1 Å². The Labute approximate surface area is 127 Å². The smallest absolute Gasteiger partial charge is 0.231 e. The molecule has 0 aliphatic carbocycles. The van der Waals surface area contributed by atoms with Crippen molar-refractivity contribution in [2.75, 3.05) is 23.3 Å². The molecule has 1 aliphatic rings. The molecule has 21 heavy (non-hydrogen) atoms. The zero-order valence-corrected chi connectivity index (χ0v) is 13.6. The van der Waals surface area contributed by atoms with E-state index in [0.29, 0.717) is 0 Å². The van der Waals surface area contributed by atoms with E-state index in [1.165, 1.54) is 12.8 Å².